The topological polar surface area (TPSA) is 220 Å². The maximum atomic E-state index is 14.1. The highest BCUT2D eigenvalue weighted by Gasteiger charge is 2.45. The lowest BCUT2D eigenvalue weighted by Gasteiger charge is -2.38. The molecule has 8 rings (SSSR count). The molecule has 4 amide bonds. The van der Waals surface area contributed by atoms with E-state index in [9.17, 15) is 29.4 Å². The van der Waals surface area contributed by atoms with Crippen LogP contribution in [0, 0.1) is 12.3 Å². The second kappa shape index (κ2) is 28.1. The normalized spacial score (nSPS) is 18.4. The summed E-state index contributed by atoms with van der Waals surface area (Å²) in [5.74, 6) is 0.175. The number of aromatic hydroxyl groups is 1. The summed E-state index contributed by atoms with van der Waals surface area (Å²) in [5, 5.41) is 35.4. The van der Waals surface area contributed by atoms with Gasteiger partial charge in [0.15, 0.2) is 11.6 Å². The summed E-state index contributed by atoms with van der Waals surface area (Å²) in [5.41, 5.74) is 13.7. The lowest BCUT2D eigenvalue weighted by Crippen LogP contribution is -2.57. The predicted molar refractivity (Wildman–Crippen MR) is 316 cm³/mol. The number of likely N-dealkylation sites (tertiary alicyclic amines) is 1. The van der Waals surface area contributed by atoms with Crippen LogP contribution in [0.4, 0.5) is 17.2 Å². The van der Waals surface area contributed by atoms with E-state index in [0.29, 0.717) is 49.5 Å². The van der Waals surface area contributed by atoms with Crippen LogP contribution in [0.25, 0.3) is 21.7 Å². The number of aliphatic hydroxyl groups excluding tert-OH is 1. The summed E-state index contributed by atoms with van der Waals surface area (Å²) in [6.45, 7) is 14.3. The molecule has 1 unspecified atom stereocenters. The molecule has 3 fully saturated rings. The largest absolute Gasteiger partial charge is 0.507 e. The van der Waals surface area contributed by atoms with E-state index < -0.39 is 23.6 Å². The molecule has 5 aromatic rings. The number of anilines is 3. The SMILES string of the molecule is Cc1ncsc1-c1ccc([C@H](C)NC(=O)[C@@H]2C[C@@H](O)CN2C(=O)[C@@H](NC(=O)CCCCCCCCCCCCC(=O)N2CCN(c3cccc(N4CCCC(Oc5cc(-c6ccccc6O)nnc5N)C4)c3)CC2)C(C)(C)C)cc1. The summed E-state index contributed by atoms with van der Waals surface area (Å²) in [4.78, 5) is 68.0. The van der Waals surface area contributed by atoms with Crippen molar-refractivity contribution < 1.29 is 34.1 Å². The minimum Gasteiger partial charge on any atom is -0.507 e. The Labute approximate surface area is 476 Å². The average Bonchev–Trinajstić information content (AvgIpc) is 4.11. The number of thiazole rings is 1. The van der Waals surface area contributed by atoms with Crippen LogP contribution in [0.1, 0.15) is 141 Å². The molecule has 5 atom stereocenters. The predicted octanol–water partition coefficient (Wildman–Crippen LogP) is 9.61. The van der Waals surface area contributed by atoms with Crippen molar-refractivity contribution in [2.24, 2.45) is 5.41 Å². The fourth-order valence-corrected chi connectivity index (χ4v) is 12.0. The fourth-order valence-electron chi connectivity index (χ4n) is 11.2. The van der Waals surface area contributed by atoms with Crippen molar-refractivity contribution in [3.05, 3.63) is 95.6 Å². The maximum absolute atomic E-state index is 14.1. The van der Waals surface area contributed by atoms with E-state index in [1.54, 1.807) is 35.6 Å². The molecule has 0 spiro atoms. The van der Waals surface area contributed by atoms with E-state index in [2.05, 4.69) is 59.9 Å². The number of aryl methyl sites for hydroxylation is 1. The molecule has 0 saturated carbocycles. The molecule has 0 bridgehead atoms. The quantitative estimate of drug-likeness (QED) is 0.0364. The lowest BCUT2D eigenvalue weighted by molar-refractivity contribution is -0.144. The highest BCUT2D eigenvalue weighted by Crippen LogP contribution is 2.34. The first kappa shape index (κ1) is 59.3. The highest BCUT2D eigenvalue weighted by molar-refractivity contribution is 7.13. The Hall–Kier alpha value is -6.79. The smallest absolute Gasteiger partial charge is 0.246 e. The van der Waals surface area contributed by atoms with E-state index in [1.807, 2.05) is 75.4 Å². The summed E-state index contributed by atoms with van der Waals surface area (Å²) >= 11 is 1.59. The fraction of sp³-hybridized carbons (Fsp3) is 0.532. The molecule has 5 heterocycles. The zero-order valence-electron chi connectivity index (χ0n) is 47.6. The van der Waals surface area contributed by atoms with Crippen molar-refractivity contribution in [3.8, 4) is 33.2 Å². The molecule has 2 aromatic heterocycles. The van der Waals surface area contributed by atoms with Crippen molar-refractivity contribution in [2.75, 3.05) is 61.3 Å². The van der Waals surface area contributed by atoms with Crippen molar-refractivity contribution in [2.45, 2.75) is 161 Å². The number of aliphatic hydroxyl groups is 1. The number of hydrogen-bond acceptors (Lipinski definition) is 14. The minimum atomic E-state index is -0.850. The van der Waals surface area contributed by atoms with Crippen molar-refractivity contribution >= 4 is 52.2 Å². The average molecular weight is 1110 g/mol. The number of phenolic OH excluding ortho intramolecular Hbond substituents is 1. The van der Waals surface area contributed by atoms with Gasteiger partial charge in [0.2, 0.25) is 23.6 Å². The van der Waals surface area contributed by atoms with Crippen LogP contribution in [-0.4, -0.2) is 129 Å². The van der Waals surface area contributed by atoms with Gasteiger partial charge >= 0.3 is 0 Å². The van der Waals surface area contributed by atoms with Gasteiger partial charge in [-0.15, -0.1) is 21.5 Å². The number of nitrogens with zero attached hydrogens (tertiary/aromatic N) is 7. The highest BCUT2D eigenvalue weighted by atomic mass is 32.1. The van der Waals surface area contributed by atoms with E-state index in [4.69, 9.17) is 10.5 Å². The van der Waals surface area contributed by atoms with Gasteiger partial charge in [-0.1, -0.05) is 115 Å². The maximum Gasteiger partial charge on any atom is 0.246 e. The van der Waals surface area contributed by atoms with Gasteiger partial charge in [-0.2, -0.15) is 0 Å². The number of carbonyl (C=O) groups is 4. The number of β-amino-alcohol motifs (C(OH)–C–C–N with tert-alkyl or cyclic N) is 1. The number of ether oxygens (including phenoxy) is 1. The molecule has 3 saturated heterocycles. The molecule has 6 N–H and O–H groups in total. The molecular formula is C62H84N10O7S. The Morgan fingerprint density at radius 2 is 1.45 bits per heavy atom. The Bertz CT molecular complexity index is 2850. The molecule has 430 valence electrons. The number of nitrogen functional groups attached to an aromatic ring is 1. The molecule has 0 radical (unpaired) electrons. The number of amides is 4. The van der Waals surface area contributed by atoms with E-state index in [1.165, 1.54) is 4.90 Å². The first-order valence-electron chi connectivity index (χ1n) is 29.1. The second-order valence-corrected chi connectivity index (χ2v) is 24.0. The number of hydrogen-bond donors (Lipinski definition) is 5. The molecule has 17 nitrogen and oxygen atoms in total. The summed E-state index contributed by atoms with van der Waals surface area (Å²) in [6, 6.07) is 23.4. The van der Waals surface area contributed by atoms with Crippen LogP contribution in [0.15, 0.2) is 84.4 Å². The van der Waals surface area contributed by atoms with Crippen LogP contribution in [-0.2, 0) is 19.2 Å². The number of piperazine rings is 1. The van der Waals surface area contributed by atoms with Crippen LogP contribution in [0.2, 0.25) is 0 Å². The van der Waals surface area contributed by atoms with Gasteiger partial charge in [-0.25, -0.2) is 4.98 Å². The third-order valence-corrected chi connectivity index (χ3v) is 16.9. The van der Waals surface area contributed by atoms with Gasteiger partial charge in [0.25, 0.3) is 0 Å². The van der Waals surface area contributed by atoms with E-state index in [-0.39, 0.29) is 60.3 Å². The molecule has 18 heteroatoms. The van der Waals surface area contributed by atoms with E-state index >= 15 is 0 Å². The zero-order chi connectivity index (χ0) is 56.8. The number of phenols is 1. The van der Waals surface area contributed by atoms with Gasteiger partial charge in [0, 0.05) is 81.5 Å². The molecule has 3 aliphatic heterocycles. The number of nitrogens with two attached hydrogens (primary N) is 1. The first-order valence-corrected chi connectivity index (χ1v) is 29.9. The Morgan fingerprint density at radius 3 is 2.11 bits per heavy atom. The summed E-state index contributed by atoms with van der Waals surface area (Å²) < 4.78 is 6.42. The lowest BCUT2D eigenvalue weighted by atomic mass is 9.85. The van der Waals surface area contributed by atoms with Gasteiger partial charge in [-0.05, 0) is 86.4 Å². The second-order valence-electron chi connectivity index (χ2n) is 23.1. The Morgan fingerprint density at radius 1 is 0.787 bits per heavy atom. The number of benzene rings is 3. The van der Waals surface area contributed by atoms with Crippen molar-refractivity contribution in [3.63, 3.8) is 0 Å². The molecule has 3 aliphatic rings. The van der Waals surface area contributed by atoms with Gasteiger partial charge < -0.3 is 50.9 Å². The third kappa shape index (κ3) is 16.0. The van der Waals surface area contributed by atoms with Crippen LogP contribution < -0.4 is 30.9 Å². The number of carbonyl (C=O) groups excluding carboxylic acids is 4. The number of unbranched alkanes of at least 4 members (excludes halogenated alkanes) is 9. The number of piperidine rings is 1. The first-order chi connectivity index (χ1) is 38.5. The third-order valence-electron chi connectivity index (χ3n) is 15.9. The Balaban J connectivity index is 0.666. The van der Waals surface area contributed by atoms with Gasteiger partial charge in [-0.3, -0.25) is 19.2 Å². The van der Waals surface area contributed by atoms with Crippen molar-refractivity contribution in [1.82, 2.24) is 35.6 Å². The monoisotopic (exact) mass is 1110 g/mol. The Kier molecular flexibility index (Phi) is 20.8. The molecule has 3 aromatic carbocycles. The summed E-state index contributed by atoms with van der Waals surface area (Å²) in [7, 11) is 0. The molecule has 80 heavy (non-hydrogen) atoms. The van der Waals surface area contributed by atoms with Gasteiger partial charge in [0.05, 0.1) is 34.8 Å². The van der Waals surface area contributed by atoms with E-state index in [0.717, 1.165) is 130 Å². The number of aromatic nitrogens is 3. The van der Waals surface area contributed by atoms with Crippen LogP contribution >= 0.6 is 11.3 Å². The standard InChI is InChI=1S/C62H84N10O7S/c1-42(44-27-29-45(30-28-44)57-43(2)64-41-80-57)65-60(77)52-37-48(73)39-72(52)61(78)58(62(3,4)5)66-55(75)25-14-12-10-8-6-7-9-11-13-15-26-56(76)70-34-32-69(33-35-70)46-20-18-21-47(36-46)71-31-19-22-49(40-71)79-54-38-51(67-68-59(54)63)50-23-16-17-24-53(50)74/h16-18,20-21,23-24,27-30,36,38,41-42,48-49,52,58,73-74H,6-15,19,22,25-26,31-35,37,39-40H2,1-5H3,(H2,63,68)(H,65,77)(H,66,75)/t42-,48+,49?,52-,58+/m0/s1. The number of rotatable bonds is 24. The number of para-hydroxylation sites is 1. The molecule has 0 aliphatic carbocycles. The van der Waals surface area contributed by atoms with Gasteiger partial charge in [0.1, 0.15) is 29.6 Å². The summed E-state index contributed by atoms with van der Waals surface area (Å²) in [6.07, 6.45) is 12.3. The van der Waals surface area contributed by atoms with Crippen molar-refractivity contribution in [1.29, 1.82) is 0 Å². The number of nitrogens with one attached hydrogen (secondary N) is 2. The molecular weight excluding hydrogens is 1030 g/mol. The van der Waals surface area contributed by atoms with Crippen LogP contribution in [0.3, 0.4) is 0 Å². The minimum absolute atomic E-state index is 0.0322. The van der Waals surface area contributed by atoms with Crippen LogP contribution in [0.5, 0.6) is 11.5 Å². The zero-order valence-corrected chi connectivity index (χ0v) is 48.4.